The molecule has 2 aromatic carbocycles. The maximum atomic E-state index is 13.0. The largest absolute Gasteiger partial charge is 0.301 e. The van der Waals surface area contributed by atoms with Crippen LogP contribution in [0.15, 0.2) is 76.7 Å². The molecule has 1 unspecified atom stereocenters. The van der Waals surface area contributed by atoms with E-state index in [9.17, 15) is 9.59 Å². The highest BCUT2D eigenvalue weighted by atomic mass is 32.2. The average molecular weight is 336 g/mol. The van der Waals surface area contributed by atoms with E-state index in [1.165, 1.54) is 17.8 Å². The van der Waals surface area contributed by atoms with Gasteiger partial charge in [-0.3, -0.25) is 9.59 Å². The lowest BCUT2D eigenvalue weighted by atomic mass is 10.0. The minimum Gasteiger partial charge on any atom is -0.301 e. The zero-order chi connectivity index (χ0) is 16.9. The van der Waals surface area contributed by atoms with Crippen LogP contribution in [0.1, 0.15) is 26.9 Å². The lowest BCUT2D eigenvalue weighted by Crippen LogP contribution is -2.13. The number of thioether (sulfide) groups is 1. The maximum Gasteiger partial charge on any atom is 0.251 e. The van der Waals surface area contributed by atoms with Crippen molar-refractivity contribution in [3.63, 3.8) is 0 Å². The van der Waals surface area contributed by atoms with Crippen LogP contribution < -0.4 is 5.56 Å². The van der Waals surface area contributed by atoms with E-state index in [0.29, 0.717) is 16.4 Å². The Morgan fingerprint density at radius 2 is 1.67 bits per heavy atom. The summed E-state index contributed by atoms with van der Waals surface area (Å²) in [5.74, 6) is -0.0176. The van der Waals surface area contributed by atoms with Gasteiger partial charge in [-0.25, -0.2) is 4.98 Å². The van der Waals surface area contributed by atoms with Crippen molar-refractivity contribution in [3.05, 3.63) is 93.9 Å². The monoisotopic (exact) mass is 336 g/mol. The summed E-state index contributed by atoms with van der Waals surface area (Å²) in [6.45, 7) is 1.76. The number of aromatic nitrogens is 2. The Kier molecular flexibility index (Phi) is 4.91. The molecule has 120 valence electrons. The van der Waals surface area contributed by atoms with Crippen LogP contribution in [0.4, 0.5) is 0 Å². The fourth-order valence-electron chi connectivity index (χ4n) is 2.37. The molecule has 0 radical (unpaired) electrons. The lowest BCUT2D eigenvalue weighted by Gasteiger charge is -2.15. The van der Waals surface area contributed by atoms with E-state index < -0.39 is 5.25 Å². The maximum absolute atomic E-state index is 13.0. The van der Waals surface area contributed by atoms with E-state index in [1.807, 2.05) is 48.5 Å². The van der Waals surface area contributed by atoms with Crippen molar-refractivity contribution in [1.29, 1.82) is 0 Å². The molecule has 24 heavy (non-hydrogen) atoms. The van der Waals surface area contributed by atoms with Crippen molar-refractivity contribution in [2.45, 2.75) is 17.3 Å². The molecule has 0 aliphatic heterocycles. The number of rotatable bonds is 5. The smallest absolute Gasteiger partial charge is 0.251 e. The van der Waals surface area contributed by atoms with Crippen LogP contribution in [0.2, 0.25) is 0 Å². The topological polar surface area (TPSA) is 62.8 Å². The highest BCUT2D eigenvalue weighted by molar-refractivity contribution is 8.00. The van der Waals surface area contributed by atoms with Crippen LogP contribution in [-0.2, 0) is 0 Å². The summed E-state index contributed by atoms with van der Waals surface area (Å²) in [5.41, 5.74) is 1.92. The van der Waals surface area contributed by atoms with E-state index >= 15 is 0 Å². The number of Topliss-reactive ketones (excluding diaryl/α,β-unsaturated/α-hetero) is 1. The fourth-order valence-corrected chi connectivity index (χ4v) is 3.49. The van der Waals surface area contributed by atoms with Crippen molar-refractivity contribution in [2.75, 3.05) is 0 Å². The number of H-pyrrole nitrogens is 1. The molecule has 0 saturated carbocycles. The Morgan fingerprint density at radius 3 is 2.29 bits per heavy atom. The van der Waals surface area contributed by atoms with Gasteiger partial charge in [0, 0.05) is 17.3 Å². The molecule has 0 bridgehead atoms. The molecule has 1 atom stereocenters. The summed E-state index contributed by atoms with van der Waals surface area (Å²) in [4.78, 5) is 31.7. The second kappa shape index (κ2) is 7.27. The molecule has 1 heterocycles. The minimum absolute atomic E-state index is 0.0176. The Hall–Kier alpha value is -2.66. The molecule has 3 rings (SSSR count). The van der Waals surface area contributed by atoms with E-state index in [0.717, 1.165) is 5.56 Å². The summed E-state index contributed by atoms with van der Waals surface area (Å²) in [5, 5.41) is -0.0308. The summed E-state index contributed by atoms with van der Waals surface area (Å²) in [7, 11) is 0. The quantitative estimate of drug-likeness (QED) is 0.437. The van der Waals surface area contributed by atoms with Gasteiger partial charge in [0.25, 0.3) is 5.56 Å². The number of carbonyl (C=O) groups is 1. The number of hydrogen-bond donors (Lipinski definition) is 1. The number of aryl methyl sites for hydroxylation is 1. The van der Waals surface area contributed by atoms with Crippen LogP contribution in [-0.4, -0.2) is 15.8 Å². The normalized spacial score (nSPS) is 11.9. The number of aromatic amines is 1. The van der Waals surface area contributed by atoms with Crippen molar-refractivity contribution < 1.29 is 4.79 Å². The number of benzene rings is 2. The summed E-state index contributed by atoms with van der Waals surface area (Å²) in [6.07, 6.45) is 0. The van der Waals surface area contributed by atoms with Gasteiger partial charge in [-0.2, -0.15) is 0 Å². The van der Waals surface area contributed by atoms with Gasteiger partial charge in [-0.05, 0) is 12.5 Å². The summed E-state index contributed by atoms with van der Waals surface area (Å²) >= 11 is 1.26. The molecule has 0 fully saturated rings. The lowest BCUT2D eigenvalue weighted by molar-refractivity contribution is 0.0989. The van der Waals surface area contributed by atoms with Gasteiger partial charge in [-0.15, -0.1) is 0 Å². The van der Waals surface area contributed by atoms with Gasteiger partial charge in [-0.1, -0.05) is 72.4 Å². The Bertz CT molecular complexity index is 892. The predicted octanol–water partition coefficient (Wildman–Crippen LogP) is 3.79. The van der Waals surface area contributed by atoms with Crippen LogP contribution in [0.25, 0.3) is 0 Å². The Morgan fingerprint density at radius 1 is 1.04 bits per heavy atom. The Labute approximate surface area is 144 Å². The van der Waals surface area contributed by atoms with Crippen LogP contribution in [0.3, 0.4) is 0 Å². The molecule has 1 aromatic heterocycles. The molecule has 0 aliphatic rings. The third-order valence-electron chi connectivity index (χ3n) is 3.48. The van der Waals surface area contributed by atoms with Gasteiger partial charge >= 0.3 is 0 Å². The fraction of sp³-hybridized carbons (Fsp3) is 0.105. The predicted molar refractivity (Wildman–Crippen MR) is 95.4 cm³/mol. The van der Waals surface area contributed by atoms with Gasteiger partial charge in [0.15, 0.2) is 10.9 Å². The molecule has 0 amide bonds. The molecule has 3 aromatic rings. The standard InChI is InChI=1S/C19H16N2O2S/c1-13-12-16(22)21-19(20-13)24-18(15-10-6-3-7-11-15)17(23)14-8-4-2-5-9-14/h2-12,18H,1H3,(H,20,21,22). The van der Waals surface area contributed by atoms with Gasteiger partial charge < -0.3 is 4.98 Å². The SMILES string of the molecule is Cc1cc(=O)[nH]c(SC(C(=O)c2ccccc2)c2ccccc2)n1. The van der Waals surface area contributed by atoms with E-state index in [1.54, 1.807) is 19.1 Å². The highest BCUT2D eigenvalue weighted by Crippen LogP contribution is 2.35. The van der Waals surface area contributed by atoms with Crippen LogP contribution in [0, 0.1) is 6.92 Å². The van der Waals surface area contributed by atoms with Gasteiger partial charge in [0.05, 0.1) is 0 Å². The van der Waals surface area contributed by atoms with Crippen molar-refractivity contribution in [1.82, 2.24) is 9.97 Å². The molecule has 0 spiro atoms. The minimum atomic E-state index is -0.474. The first-order valence-electron chi connectivity index (χ1n) is 7.52. The third kappa shape index (κ3) is 3.81. The number of carbonyl (C=O) groups excluding carboxylic acids is 1. The van der Waals surface area contributed by atoms with E-state index in [4.69, 9.17) is 0 Å². The van der Waals surface area contributed by atoms with Gasteiger partial charge in [0.1, 0.15) is 5.25 Å². The van der Waals surface area contributed by atoms with Gasteiger partial charge in [0.2, 0.25) is 0 Å². The first-order valence-corrected chi connectivity index (χ1v) is 8.40. The average Bonchev–Trinajstić information content (AvgIpc) is 2.60. The zero-order valence-electron chi connectivity index (χ0n) is 13.1. The summed E-state index contributed by atoms with van der Waals surface area (Å²) < 4.78 is 0. The molecule has 5 heteroatoms. The second-order valence-corrected chi connectivity index (χ2v) is 6.42. The molecule has 1 N–H and O–H groups in total. The summed E-state index contributed by atoms with van der Waals surface area (Å²) in [6, 6.07) is 20.1. The number of ketones is 1. The highest BCUT2D eigenvalue weighted by Gasteiger charge is 2.24. The first kappa shape index (κ1) is 16.2. The van der Waals surface area contributed by atoms with Crippen molar-refractivity contribution >= 4 is 17.5 Å². The molecular weight excluding hydrogens is 320 g/mol. The third-order valence-corrected chi connectivity index (χ3v) is 4.61. The van der Waals surface area contributed by atoms with Crippen LogP contribution in [0.5, 0.6) is 0 Å². The zero-order valence-corrected chi connectivity index (χ0v) is 13.9. The molecule has 0 aliphatic carbocycles. The van der Waals surface area contributed by atoms with E-state index in [-0.39, 0.29) is 11.3 Å². The molecule has 4 nitrogen and oxygen atoms in total. The number of nitrogens with one attached hydrogen (secondary N) is 1. The molecule has 0 saturated heterocycles. The first-order chi connectivity index (χ1) is 11.6. The Balaban J connectivity index is 1.99. The van der Waals surface area contributed by atoms with Crippen molar-refractivity contribution in [2.24, 2.45) is 0 Å². The number of nitrogens with zero attached hydrogens (tertiary/aromatic N) is 1. The van der Waals surface area contributed by atoms with Crippen molar-refractivity contribution in [3.8, 4) is 0 Å². The van der Waals surface area contributed by atoms with Crippen LogP contribution >= 0.6 is 11.8 Å². The molecular formula is C19H16N2O2S. The van der Waals surface area contributed by atoms with E-state index in [2.05, 4.69) is 9.97 Å². The number of hydrogen-bond acceptors (Lipinski definition) is 4. The second-order valence-electron chi connectivity index (χ2n) is 5.33.